The number of carboxylic acid groups (broad SMARTS) is 1. The molecular formula is C6H10O8. The molecule has 0 spiro atoms. The summed E-state index contributed by atoms with van der Waals surface area (Å²) in [6.07, 6.45) is -8.34. The second-order valence-electron chi connectivity index (χ2n) is 2.83. The van der Waals surface area contributed by atoms with Gasteiger partial charge in [0.1, 0.15) is 12.2 Å². The lowest BCUT2D eigenvalue weighted by molar-refractivity contribution is -0.303. The molecule has 1 fully saturated rings. The molecule has 1 saturated heterocycles. The number of aliphatic carboxylic acids is 1. The molecule has 0 aliphatic carbocycles. The fourth-order valence-corrected chi connectivity index (χ4v) is 1.19. The SMILES string of the molecule is O=C(O)[C@@H](O)[C@@H]1O[C@@H](O)[C@H](O)[C@H]1OO. The van der Waals surface area contributed by atoms with Crippen LogP contribution in [0.4, 0.5) is 0 Å². The van der Waals surface area contributed by atoms with Crippen molar-refractivity contribution < 1.29 is 40.1 Å². The van der Waals surface area contributed by atoms with Gasteiger partial charge in [-0.1, -0.05) is 0 Å². The lowest BCUT2D eigenvalue weighted by Crippen LogP contribution is -2.44. The van der Waals surface area contributed by atoms with E-state index in [1.54, 1.807) is 0 Å². The summed E-state index contributed by atoms with van der Waals surface area (Å²) >= 11 is 0. The molecule has 0 saturated carbocycles. The Morgan fingerprint density at radius 2 is 2.00 bits per heavy atom. The van der Waals surface area contributed by atoms with Crippen molar-refractivity contribution in [3.8, 4) is 0 Å². The Labute approximate surface area is 77.8 Å². The molecular weight excluding hydrogens is 200 g/mol. The number of aliphatic hydroxyl groups excluding tert-OH is 3. The Morgan fingerprint density at radius 1 is 1.43 bits per heavy atom. The molecule has 0 aromatic carbocycles. The van der Waals surface area contributed by atoms with E-state index in [-0.39, 0.29) is 0 Å². The number of hydrogen-bond donors (Lipinski definition) is 5. The summed E-state index contributed by atoms with van der Waals surface area (Å²) in [5.41, 5.74) is 0. The van der Waals surface area contributed by atoms with Crippen molar-refractivity contribution in [2.75, 3.05) is 0 Å². The third-order valence-electron chi connectivity index (χ3n) is 1.94. The lowest BCUT2D eigenvalue weighted by atomic mass is 10.1. The van der Waals surface area contributed by atoms with E-state index in [0.29, 0.717) is 0 Å². The number of ether oxygens (including phenoxy) is 1. The van der Waals surface area contributed by atoms with Gasteiger partial charge in [0.05, 0.1) is 0 Å². The standard InChI is InChI=1S/C6H10O8/c7-1(5(9)10)3-4(14-12)2(8)6(11)13-3/h1-4,6-8,11-12H,(H,9,10)/t1-,2+,3-,4+,6+/m0/s1. The zero-order valence-electron chi connectivity index (χ0n) is 6.85. The van der Waals surface area contributed by atoms with Gasteiger partial charge in [-0.05, 0) is 0 Å². The lowest BCUT2D eigenvalue weighted by Gasteiger charge is -2.18. The van der Waals surface area contributed by atoms with E-state index in [2.05, 4.69) is 9.62 Å². The molecule has 0 aromatic rings. The zero-order chi connectivity index (χ0) is 10.9. The number of rotatable bonds is 3. The first-order valence-electron chi connectivity index (χ1n) is 3.71. The van der Waals surface area contributed by atoms with Crippen molar-refractivity contribution in [2.24, 2.45) is 0 Å². The van der Waals surface area contributed by atoms with Crippen LogP contribution in [0, 0.1) is 0 Å². The number of aliphatic hydroxyl groups is 3. The van der Waals surface area contributed by atoms with E-state index >= 15 is 0 Å². The molecule has 14 heavy (non-hydrogen) atoms. The second-order valence-corrected chi connectivity index (χ2v) is 2.83. The van der Waals surface area contributed by atoms with E-state index in [1.807, 2.05) is 0 Å². The van der Waals surface area contributed by atoms with Crippen LogP contribution in [0.15, 0.2) is 0 Å². The van der Waals surface area contributed by atoms with E-state index in [0.717, 1.165) is 0 Å². The fraction of sp³-hybridized carbons (Fsp3) is 0.833. The van der Waals surface area contributed by atoms with E-state index in [1.165, 1.54) is 0 Å². The first kappa shape index (κ1) is 11.3. The monoisotopic (exact) mass is 210 g/mol. The van der Waals surface area contributed by atoms with Gasteiger partial charge in [-0.2, -0.15) is 0 Å². The maximum atomic E-state index is 10.3. The number of hydrogen-bond acceptors (Lipinski definition) is 7. The Bertz CT molecular complexity index is 218. The van der Waals surface area contributed by atoms with Crippen LogP contribution in [-0.2, 0) is 14.4 Å². The quantitative estimate of drug-likeness (QED) is 0.252. The molecule has 5 N–H and O–H groups in total. The molecule has 0 bridgehead atoms. The summed E-state index contributed by atoms with van der Waals surface area (Å²) in [6, 6.07) is 0. The van der Waals surface area contributed by atoms with Gasteiger partial charge in [0.15, 0.2) is 18.5 Å². The normalized spacial score (nSPS) is 39.7. The van der Waals surface area contributed by atoms with Crippen molar-refractivity contribution in [1.29, 1.82) is 0 Å². The Kier molecular flexibility index (Phi) is 3.37. The molecule has 5 atom stereocenters. The molecule has 1 aliphatic rings. The van der Waals surface area contributed by atoms with Gasteiger partial charge in [0, 0.05) is 0 Å². The molecule has 0 unspecified atom stereocenters. The molecule has 0 aromatic heterocycles. The van der Waals surface area contributed by atoms with Gasteiger partial charge < -0.3 is 25.2 Å². The van der Waals surface area contributed by atoms with Crippen LogP contribution in [0.5, 0.6) is 0 Å². The van der Waals surface area contributed by atoms with E-state index < -0.39 is 36.7 Å². The smallest absolute Gasteiger partial charge is 0.335 e. The summed E-state index contributed by atoms with van der Waals surface area (Å²) in [4.78, 5) is 14.1. The molecule has 8 heteroatoms. The van der Waals surface area contributed by atoms with E-state index in [4.69, 9.17) is 25.7 Å². The number of carboxylic acids is 1. The van der Waals surface area contributed by atoms with Gasteiger partial charge >= 0.3 is 5.97 Å². The summed E-state index contributed by atoms with van der Waals surface area (Å²) in [6.45, 7) is 0. The maximum absolute atomic E-state index is 10.3. The average Bonchev–Trinajstić information content (AvgIpc) is 2.41. The predicted molar refractivity (Wildman–Crippen MR) is 38.0 cm³/mol. The molecule has 0 radical (unpaired) electrons. The van der Waals surface area contributed by atoms with Crippen molar-refractivity contribution in [3.05, 3.63) is 0 Å². The van der Waals surface area contributed by atoms with Crippen LogP contribution in [-0.4, -0.2) is 62.4 Å². The predicted octanol–water partition coefficient (Wildman–Crippen LogP) is -2.63. The van der Waals surface area contributed by atoms with Crippen LogP contribution in [0.3, 0.4) is 0 Å². The molecule has 1 rings (SSSR count). The topological polar surface area (TPSA) is 137 Å². The highest BCUT2D eigenvalue weighted by atomic mass is 17.1. The Balaban J connectivity index is 2.74. The van der Waals surface area contributed by atoms with Crippen molar-refractivity contribution in [3.63, 3.8) is 0 Å². The summed E-state index contributed by atoms with van der Waals surface area (Å²) in [7, 11) is 0. The van der Waals surface area contributed by atoms with Crippen LogP contribution in [0.25, 0.3) is 0 Å². The van der Waals surface area contributed by atoms with Crippen molar-refractivity contribution in [1.82, 2.24) is 0 Å². The summed E-state index contributed by atoms with van der Waals surface area (Å²) in [5, 5.41) is 43.8. The first-order chi connectivity index (χ1) is 6.49. The molecule has 8 nitrogen and oxygen atoms in total. The fourth-order valence-electron chi connectivity index (χ4n) is 1.19. The molecule has 0 amide bonds. The minimum Gasteiger partial charge on any atom is -0.479 e. The average molecular weight is 210 g/mol. The van der Waals surface area contributed by atoms with Gasteiger partial charge in [0.2, 0.25) is 0 Å². The van der Waals surface area contributed by atoms with Crippen molar-refractivity contribution in [2.45, 2.75) is 30.7 Å². The number of carbonyl (C=O) groups is 1. The molecule has 1 heterocycles. The molecule has 82 valence electrons. The van der Waals surface area contributed by atoms with Crippen LogP contribution in [0.1, 0.15) is 0 Å². The Morgan fingerprint density at radius 3 is 2.43 bits per heavy atom. The Hall–Kier alpha value is -0.770. The van der Waals surface area contributed by atoms with Crippen LogP contribution >= 0.6 is 0 Å². The third-order valence-corrected chi connectivity index (χ3v) is 1.94. The third kappa shape index (κ3) is 1.85. The first-order valence-corrected chi connectivity index (χ1v) is 3.71. The highest BCUT2D eigenvalue weighted by Gasteiger charge is 2.49. The second kappa shape index (κ2) is 4.17. The van der Waals surface area contributed by atoms with Gasteiger partial charge in [-0.15, -0.1) is 0 Å². The maximum Gasteiger partial charge on any atom is 0.335 e. The zero-order valence-corrected chi connectivity index (χ0v) is 6.85. The van der Waals surface area contributed by atoms with Gasteiger partial charge in [-0.3, -0.25) is 5.26 Å². The summed E-state index contributed by atoms with van der Waals surface area (Å²) in [5.74, 6) is -1.61. The summed E-state index contributed by atoms with van der Waals surface area (Å²) < 4.78 is 4.49. The highest BCUT2D eigenvalue weighted by molar-refractivity contribution is 5.72. The minimum atomic E-state index is -2.00. The van der Waals surface area contributed by atoms with Crippen molar-refractivity contribution >= 4 is 5.97 Å². The van der Waals surface area contributed by atoms with Gasteiger partial charge in [0.25, 0.3) is 0 Å². The largest absolute Gasteiger partial charge is 0.479 e. The van der Waals surface area contributed by atoms with E-state index in [9.17, 15) is 4.79 Å². The van der Waals surface area contributed by atoms with Gasteiger partial charge in [-0.25, -0.2) is 9.68 Å². The molecule has 1 aliphatic heterocycles. The van der Waals surface area contributed by atoms with Crippen LogP contribution < -0.4 is 0 Å². The highest BCUT2D eigenvalue weighted by Crippen LogP contribution is 2.24. The minimum absolute atomic E-state index is 1.50. The van der Waals surface area contributed by atoms with Crippen LogP contribution in [0.2, 0.25) is 0 Å².